The Hall–Kier alpha value is -6.18. The van der Waals surface area contributed by atoms with Gasteiger partial charge in [-0.3, -0.25) is 9.59 Å². The number of hydrogen-bond donors (Lipinski definition) is 4. The maximum atomic E-state index is 13.9. The summed E-state index contributed by atoms with van der Waals surface area (Å²) in [4.78, 5) is 71.8. The van der Waals surface area contributed by atoms with Gasteiger partial charge in [-0.1, -0.05) is 76.2 Å². The molecular formula is C46H54N8O6. The molecule has 0 radical (unpaired) electrons. The Morgan fingerprint density at radius 3 is 1.75 bits per heavy atom. The fraction of sp³-hybridized carbons (Fsp3) is 0.435. The van der Waals surface area contributed by atoms with E-state index in [1.165, 1.54) is 14.2 Å². The molecule has 60 heavy (non-hydrogen) atoms. The normalized spacial score (nSPS) is 19.2. The number of hydrogen-bond acceptors (Lipinski definition) is 8. The van der Waals surface area contributed by atoms with Crippen molar-refractivity contribution in [2.75, 3.05) is 27.3 Å². The number of carbonyl (C=O) groups excluding carboxylic acids is 4. The summed E-state index contributed by atoms with van der Waals surface area (Å²) in [6.07, 6.45) is 7.08. The predicted molar refractivity (Wildman–Crippen MR) is 227 cm³/mol. The number of aromatic amines is 2. The lowest BCUT2D eigenvalue weighted by Crippen LogP contribution is -2.51. The molecule has 2 aliphatic heterocycles. The zero-order valence-electron chi connectivity index (χ0n) is 35.1. The third-order valence-corrected chi connectivity index (χ3v) is 12.6. The summed E-state index contributed by atoms with van der Waals surface area (Å²) in [6.45, 7) is 8.91. The van der Waals surface area contributed by atoms with Crippen LogP contribution in [-0.4, -0.2) is 93.1 Å². The Bertz CT molecular complexity index is 2400. The van der Waals surface area contributed by atoms with Crippen LogP contribution in [-0.2, 0) is 19.1 Å². The molecule has 1 spiro atoms. The standard InChI is InChI=1S/C46H54N8O6/c1-26(2)38(51-44(57)59-5)42(55)53-19-7-8-36(53)40-47-23-34(49-40)29-11-9-28(10-12-29)30-13-14-32-21-33(16-15-31(32)20-30)35-24-48-41(50-35)37-22-46(17-18-46)25-54(37)43(56)39(27(3)4)52-45(58)60-6/h9-16,20-21,23-24,26-27,36-39H,7-8,17-19,22,25H2,1-6H3,(H,47,49)(H,48,50)(H,51,57)(H,52,58)/t36-,37-,38-,39-/m0/s1. The number of methoxy groups -OCH3 is 2. The summed E-state index contributed by atoms with van der Waals surface area (Å²) in [6, 6.07) is 19.4. The van der Waals surface area contributed by atoms with Crippen LogP contribution in [0.15, 0.2) is 73.1 Å². The lowest BCUT2D eigenvalue weighted by molar-refractivity contribution is -0.136. The number of imidazole rings is 2. The van der Waals surface area contributed by atoms with Gasteiger partial charge < -0.3 is 39.9 Å². The van der Waals surface area contributed by atoms with Crippen LogP contribution < -0.4 is 10.6 Å². The van der Waals surface area contributed by atoms with Gasteiger partial charge in [-0.15, -0.1) is 0 Å². The zero-order valence-corrected chi connectivity index (χ0v) is 35.1. The van der Waals surface area contributed by atoms with E-state index in [1.54, 1.807) is 0 Å². The molecule has 3 aliphatic rings. The van der Waals surface area contributed by atoms with Gasteiger partial charge in [0.15, 0.2) is 0 Å². The summed E-state index contributed by atoms with van der Waals surface area (Å²) >= 11 is 0. The largest absolute Gasteiger partial charge is 0.453 e. The van der Waals surface area contributed by atoms with E-state index < -0.39 is 24.3 Å². The highest BCUT2D eigenvalue weighted by molar-refractivity contribution is 5.91. The Labute approximate surface area is 349 Å². The van der Waals surface area contributed by atoms with Crippen molar-refractivity contribution < 1.29 is 28.7 Å². The third-order valence-electron chi connectivity index (χ3n) is 12.6. The molecule has 1 saturated carbocycles. The quantitative estimate of drug-likeness (QED) is 0.105. The molecule has 8 rings (SSSR count). The molecule has 2 saturated heterocycles. The van der Waals surface area contributed by atoms with E-state index in [4.69, 9.17) is 19.4 Å². The second kappa shape index (κ2) is 16.5. The first-order valence-corrected chi connectivity index (χ1v) is 20.9. The topological polar surface area (TPSA) is 175 Å². The van der Waals surface area contributed by atoms with Crippen LogP contribution in [0.2, 0.25) is 0 Å². The van der Waals surface area contributed by atoms with E-state index in [2.05, 4.69) is 81.3 Å². The molecule has 5 aromatic rings. The third kappa shape index (κ3) is 8.06. The highest BCUT2D eigenvalue weighted by Gasteiger charge is 2.55. The number of amides is 4. The van der Waals surface area contributed by atoms with E-state index in [1.807, 2.05) is 49.9 Å². The van der Waals surface area contributed by atoms with Crippen molar-refractivity contribution in [3.8, 4) is 33.6 Å². The predicted octanol–water partition coefficient (Wildman–Crippen LogP) is 7.77. The second-order valence-electron chi connectivity index (χ2n) is 17.3. The van der Waals surface area contributed by atoms with Crippen LogP contribution in [0.5, 0.6) is 0 Å². The van der Waals surface area contributed by atoms with Crippen LogP contribution in [0.4, 0.5) is 9.59 Å². The minimum atomic E-state index is -0.687. The van der Waals surface area contributed by atoms with E-state index in [0.29, 0.717) is 13.1 Å². The number of benzene rings is 3. The minimum Gasteiger partial charge on any atom is -0.453 e. The van der Waals surface area contributed by atoms with Crippen molar-refractivity contribution in [1.82, 2.24) is 40.4 Å². The number of H-pyrrole nitrogens is 2. The lowest BCUT2D eigenvalue weighted by Gasteiger charge is -2.30. The van der Waals surface area contributed by atoms with Gasteiger partial charge in [-0.05, 0) is 89.0 Å². The van der Waals surface area contributed by atoms with Gasteiger partial charge in [0.25, 0.3) is 0 Å². The molecule has 1 aliphatic carbocycles. The number of ether oxygens (including phenoxy) is 2. The van der Waals surface area contributed by atoms with Crippen LogP contribution in [0.1, 0.15) is 83.5 Å². The average Bonchev–Trinajstić information content (AvgIpc) is 3.79. The highest BCUT2D eigenvalue weighted by atomic mass is 16.5. The molecule has 2 aromatic heterocycles. The molecule has 4 atom stereocenters. The Morgan fingerprint density at radius 1 is 0.683 bits per heavy atom. The molecule has 14 heteroatoms. The van der Waals surface area contributed by atoms with Crippen molar-refractivity contribution in [1.29, 1.82) is 0 Å². The molecule has 4 amide bonds. The minimum absolute atomic E-state index is 0.104. The Kier molecular flexibility index (Phi) is 11.1. The van der Waals surface area contributed by atoms with Gasteiger partial charge in [0.1, 0.15) is 23.7 Å². The van der Waals surface area contributed by atoms with Crippen molar-refractivity contribution in [2.45, 2.75) is 84.0 Å². The molecule has 0 unspecified atom stereocenters. The van der Waals surface area contributed by atoms with Crippen molar-refractivity contribution in [2.24, 2.45) is 17.3 Å². The number of nitrogens with zero attached hydrogens (tertiary/aromatic N) is 4. The Morgan fingerprint density at radius 2 is 1.18 bits per heavy atom. The highest BCUT2D eigenvalue weighted by Crippen LogP contribution is 2.58. The molecule has 4 heterocycles. The molecule has 0 bridgehead atoms. The molecule has 14 nitrogen and oxygen atoms in total. The SMILES string of the molecule is COC(=O)N[C@H](C(=O)N1CCC[C@H]1c1ncc(-c2ccc(-c3ccc4cc(-c5cnc([C@@H]6CC7(CC7)CN6C(=O)[C@@H](NC(=O)OC)C(C)C)[nH]5)ccc4c3)cc2)[nH]1)C(C)C. The average molecular weight is 815 g/mol. The number of fused-ring (bicyclic) bond motifs is 1. The van der Waals surface area contributed by atoms with Crippen LogP contribution in [0.25, 0.3) is 44.4 Å². The summed E-state index contributed by atoms with van der Waals surface area (Å²) in [5, 5.41) is 7.66. The van der Waals surface area contributed by atoms with Crippen molar-refractivity contribution in [3.05, 3.63) is 84.7 Å². The van der Waals surface area contributed by atoms with Crippen LogP contribution in [0.3, 0.4) is 0 Å². The number of alkyl carbamates (subject to hydrolysis) is 2. The van der Waals surface area contributed by atoms with Gasteiger partial charge in [-0.25, -0.2) is 19.6 Å². The van der Waals surface area contributed by atoms with Crippen molar-refractivity contribution >= 4 is 34.8 Å². The first kappa shape index (κ1) is 40.6. The van der Waals surface area contributed by atoms with Gasteiger partial charge >= 0.3 is 12.2 Å². The van der Waals surface area contributed by atoms with E-state index in [-0.39, 0.29) is 41.1 Å². The molecule has 3 fully saturated rings. The van der Waals surface area contributed by atoms with Gasteiger partial charge in [0, 0.05) is 18.7 Å². The Balaban J connectivity index is 0.951. The lowest BCUT2D eigenvalue weighted by atomic mass is 9.98. The van der Waals surface area contributed by atoms with Crippen LogP contribution in [0, 0.1) is 17.3 Å². The second-order valence-corrected chi connectivity index (χ2v) is 17.3. The van der Waals surface area contributed by atoms with Gasteiger partial charge in [0.05, 0.1) is 50.1 Å². The van der Waals surface area contributed by atoms with Crippen LogP contribution >= 0.6 is 0 Å². The van der Waals surface area contributed by atoms with Gasteiger partial charge in [0.2, 0.25) is 11.8 Å². The molecule has 314 valence electrons. The molecule has 4 N–H and O–H groups in total. The van der Waals surface area contributed by atoms with Crippen molar-refractivity contribution in [3.63, 3.8) is 0 Å². The first-order chi connectivity index (χ1) is 28.9. The fourth-order valence-corrected chi connectivity index (χ4v) is 8.88. The number of rotatable bonds is 11. The van der Waals surface area contributed by atoms with E-state index >= 15 is 0 Å². The summed E-state index contributed by atoms with van der Waals surface area (Å²) in [5.74, 6) is 1.03. The number of likely N-dealkylation sites (tertiary alicyclic amines) is 2. The smallest absolute Gasteiger partial charge is 0.407 e. The number of aromatic nitrogens is 4. The van der Waals surface area contributed by atoms with E-state index in [0.717, 1.165) is 88.2 Å². The summed E-state index contributed by atoms with van der Waals surface area (Å²) < 4.78 is 9.59. The fourth-order valence-electron chi connectivity index (χ4n) is 8.88. The molecular weight excluding hydrogens is 761 g/mol. The summed E-state index contributed by atoms with van der Waals surface area (Å²) in [5.41, 5.74) is 6.04. The number of carbonyl (C=O) groups is 4. The van der Waals surface area contributed by atoms with Gasteiger partial charge in [-0.2, -0.15) is 0 Å². The summed E-state index contributed by atoms with van der Waals surface area (Å²) in [7, 11) is 2.60. The zero-order chi connectivity index (χ0) is 42.3. The monoisotopic (exact) mass is 814 g/mol. The maximum absolute atomic E-state index is 13.9. The number of nitrogens with one attached hydrogen (secondary N) is 4. The maximum Gasteiger partial charge on any atom is 0.407 e. The molecule has 3 aromatic carbocycles. The first-order valence-electron chi connectivity index (χ1n) is 20.9. The van der Waals surface area contributed by atoms with E-state index in [9.17, 15) is 19.2 Å².